The summed E-state index contributed by atoms with van der Waals surface area (Å²) in [4.78, 5) is 12.4. The molecule has 2 saturated heterocycles. The molecule has 1 aromatic carbocycles. The number of epoxide rings is 1. The van der Waals surface area contributed by atoms with E-state index in [1.54, 1.807) is 0 Å². The third-order valence-electron chi connectivity index (χ3n) is 4.02. The fourth-order valence-corrected chi connectivity index (χ4v) is 3.09. The van der Waals surface area contributed by atoms with Gasteiger partial charge in [-0.25, -0.2) is 4.79 Å². The van der Waals surface area contributed by atoms with Gasteiger partial charge in [-0.3, -0.25) is 0 Å². The normalized spacial score (nSPS) is 34.0. The number of halogens is 1. The predicted octanol–water partition coefficient (Wildman–Crippen LogP) is 2.71. The lowest BCUT2D eigenvalue weighted by Gasteiger charge is -2.30. The minimum absolute atomic E-state index is 0.330. The number of hydrogen-bond donors (Lipinski definition) is 1. The summed E-state index contributed by atoms with van der Waals surface area (Å²) in [5.41, 5.74) is 0.348. The first-order valence-corrected chi connectivity index (χ1v) is 6.29. The second kappa shape index (κ2) is 3.62. The van der Waals surface area contributed by atoms with Crippen LogP contribution in [0.5, 0.6) is 0 Å². The summed E-state index contributed by atoms with van der Waals surface area (Å²) >= 11 is 5.88. The molecule has 0 bridgehead atoms. The number of hydrogen-bond acceptors (Lipinski definition) is 2. The molecule has 5 heteroatoms. The van der Waals surface area contributed by atoms with E-state index in [2.05, 4.69) is 0 Å². The van der Waals surface area contributed by atoms with E-state index in [4.69, 9.17) is 21.4 Å². The second-order valence-corrected chi connectivity index (χ2v) is 5.56. The van der Waals surface area contributed by atoms with Crippen molar-refractivity contribution in [2.24, 2.45) is 0 Å². The summed E-state index contributed by atoms with van der Waals surface area (Å²) in [6.45, 7) is 2.90. The largest absolute Gasteiger partial charge is 0.465 e. The standard InChI is InChI=1S/C13H14ClNO3/c1-12-8-15(11(16)17)7-6-13(12,18-12)9-2-4-10(14)5-3-9/h2-5H,6-8H2,1H3,(H,16,17). The van der Waals surface area contributed by atoms with Crippen molar-refractivity contribution in [1.82, 2.24) is 4.90 Å². The Bertz CT molecular complexity index is 503. The lowest BCUT2D eigenvalue weighted by molar-refractivity contribution is 0.126. The molecule has 2 aliphatic rings. The van der Waals surface area contributed by atoms with Crippen LogP contribution in [-0.2, 0) is 10.3 Å². The van der Waals surface area contributed by atoms with Gasteiger partial charge in [-0.15, -0.1) is 0 Å². The first kappa shape index (κ1) is 11.8. The van der Waals surface area contributed by atoms with Gasteiger partial charge in [0.15, 0.2) is 0 Å². The van der Waals surface area contributed by atoms with Gasteiger partial charge in [0.25, 0.3) is 0 Å². The first-order chi connectivity index (χ1) is 8.47. The van der Waals surface area contributed by atoms with Gasteiger partial charge in [-0.2, -0.15) is 0 Å². The molecular weight excluding hydrogens is 254 g/mol. The fourth-order valence-electron chi connectivity index (χ4n) is 2.96. The summed E-state index contributed by atoms with van der Waals surface area (Å²) in [7, 11) is 0. The lowest BCUT2D eigenvalue weighted by Crippen LogP contribution is -2.46. The van der Waals surface area contributed by atoms with Gasteiger partial charge in [0.1, 0.15) is 11.2 Å². The molecule has 1 N–H and O–H groups in total. The van der Waals surface area contributed by atoms with Crippen LogP contribution >= 0.6 is 11.6 Å². The molecule has 0 saturated carbocycles. The molecular formula is C13H14ClNO3. The van der Waals surface area contributed by atoms with Crippen LogP contribution in [0.15, 0.2) is 24.3 Å². The van der Waals surface area contributed by atoms with E-state index < -0.39 is 11.7 Å². The van der Waals surface area contributed by atoms with Crippen LogP contribution in [0.3, 0.4) is 0 Å². The van der Waals surface area contributed by atoms with Crippen molar-refractivity contribution in [2.45, 2.75) is 24.5 Å². The van der Waals surface area contributed by atoms with E-state index in [9.17, 15) is 4.79 Å². The molecule has 1 amide bonds. The zero-order chi connectivity index (χ0) is 13.0. The number of rotatable bonds is 1. The summed E-state index contributed by atoms with van der Waals surface area (Å²) in [6.07, 6.45) is -0.186. The van der Waals surface area contributed by atoms with Crippen LogP contribution in [0.1, 0.15) is 18.9 Å². The molecule has 2 fully saturated rings. The summed E-state index contributed by atoms with van der Waals surface area (Å²) in [6, 6.07) is 7.61. The van der Waals surface area contributed by atoms with Crippen LogP contribution < -0.4 is 0 Å². The monoisotopic (exact) mass is 267 g/mol. The highest BCUT2D eigenvalue weighted by Gasteiger charge is 2.70. The number of amides is 1. The van der Waals surface area contributed by atoms with Crippen molar-refractivity contribution in [1.29, 1.82) is 0 Å². The van der Waals surface area contributed by atoms with Gasteiger partial charge < -0.3 is 14.7 Å². The van der Waals surface area contributed by atoms with Gasteiger partial charge in [-0.1, -0.05) is 23.7 Å². The van der Waals surface area contributed by atoms with Crippen molar-refractivity contribution in [3.63, 3.8) is 0 Å². The van der Waals surface area contributed by atoms with Crippen LogP contribution in [0.2, 0.25) is 5.02 Å². The van der Waals surface area contributed by atoms with Gasteiger partial charge in [0, 0.05) is 18.0 Å². The smallest absolute Gasteiger partial charge is 0.407 e. The van der Waals surface area contributed by atoms with E-state index in [1.807, 2.05) is 31.2 Å². The number of nitrogens with zero attached hydrogens (tertiary/aromatic N) is 1. The van der Waals surface area contributed by atoms with Crippen molar-refractivity contribution in [3.05, 3.63) is 34.9 Å². The van der Waals surface area contributed by atoms with Crippen LogP contribution in [0.4, 0.5) is 4.79 Å². The number of piperidine rings is 1. The summed E-state index contributed by atoms with van der Waals surface area (Å²) in [5.74, 6) is 0. The number of benzene rings is 1. The van der Waals surface area contributed by atoms with Gasteiger partial charge >= 0.3 is 6.09 Å². The SMILES string of the molecule is CC12CN(C(=O)O)CCC1(c1ccc(Cl)cc1)O2. The minimum atomic E-state index is -0.878. The third-order valence-corrected chi connectivity index (χ3v) is 4.27. The Morgan fingerprint density at radius 2 is 2.11 bits per heavy atom. The van der Waals surface area contributed by atoms with Crippen molar-refractivity contribution >= 4 is 17.7 Å². The first-order valence-electron chi connectivity index (χ1n) is 5.91. The Morgan fingerprint density at radius 3 is 2.67 bits per heavy atom. The number of carbonyl (C=O) groups is 1. The third kappa shape index (κ3) is 1.52. The average molecular weight is 268 g/mol. The number of fused-ring (bicyclic) bond motifs is 1. The molecule has 0 aromatic heterocycles. The molecule has 0 aliphatic carbocycles. The van der Waals surface area contributed by atoms with E-state index >= 15 is 0 Å². The highest BCUT2D eigenvalue weighted by molar-refractivity contribution is 6.30. The van der Waals surface area contributed by atoms with Crippen LogP contribution in [-0.4, -0.2) is 34.8 Å². The molecule has 2 atom stereocenters. The summed E-state index contributed by atoms with van der Waals surface area (Å²) in [5, 5.41) is 9.73. The van der Waals surface area contributed by atoms with Crippen molar-refractivity contribution in [2.75, 3.05) is 13.1 Å². The Morgan fingerprint density at radius 1 is 1.44 bits per heavy atom. The zero-order valence-electron chi connectivity index (χ0n) is 10.0. The Hall–Kier alpha value is -1.26. The molecule has 2 unspecified atom stereocenters. The molecule has 4 nitrogen and oxygen atoms in total. The number of ether oxygens (including phenoxy) is 1. The Kier molecular flexibility index (Phi) is 2.37. The van der Waals surface area contributed by atoms with Crippen LogP contribution in [0.25, 0.3) is 0 Å². The maximum absolute atomic E-state index is 11.0. The molecule has 0 radical (unpaired) electrons. The quantitative estimate of drug-likeness (QED) is 0.796. The zero-order valence-corrected chi connectivity index (χ0v) is 10.8. The molecule has 1 aromatic rings. The van der Waals surface area contributed by atoms with E-state index in [0.717, 1.165) is 5.56 Å². The van der Waals surface area contributed by atoms with Crippen LogP contribution in [0, 0.1) is 0 Å². The van der Waals surface area contributed by atoms with Gasteiger partial charge in [0.2, 0.25) is 0 Å². The number of carboxylic acid groups (broad SMARTS) is 1. The number of likely N-dealkylation sites (tertiary alicyclic amines) is 1. The predicted molar refractivity (Wildman–Crippen MR) is 66.8 cm³/mol. The molecule has 18 heavy (non-hydrogen) atoms. The van der Waals surface area contributed by atoms with Gasteiger partial charge in [0.05, 0.1) is 6.54 Å². The van der Waals surface area contributed by atoms with E-state index in [-0.39, 0.29) is 5.60 Å². The topological polar surface area (TPSA) is 53.1 Å². The van der Waals surface area contributed by atoms with E-state index in [1.165, 1.54) is 4.90 Å². The molecule has 96 valence electrons. The maximum atomic E-state index is 11.0. The highest BCUT2D eigenvalue weighted by atomic mass is 35.5. The second-order valence-electron chi connectivity index (χ2n) is 5.12. The molecule has 2 aliphatic heterocycles. The maximum Gasteiger partial charge on any atom is 0.407 e. The molecule has 3 rings (SSSR count). The lowest BCUT2D eigenvalue weighted by atomic mass is 9.81. The van der Waals surface area contributed by atoms with Gasteiger partial charge in [-0.05, 0) is 24.6 Å². The Balaban J connectivity index is 1.87. The minimum Gasteiger partial charge on any atom is -0.465 e. The summed E-state index contributed by atoms with van der Waals surface area (Å²) < 4.78 is 5.91. The Labute approximate surface area is 110 Å². The molecule has 0 spiro atoms. The molecule has 2 heterocycles. The van der Waals surface area contributed by atoms with E-state index in [0.29, 0.717) is 24.5 Å². The fraction of sp³-hybridized carbons (Fsp3) is 0.462. The van der Waals surface area contributed by atoms with Crippen molar-refractivity contribution in [3.8, 4) is 0 Å². The highest BCUT2D eigenvalue weighted by Crippen LogP contribution is 2.60. The van der Waals surface area contributed by atoms with Crippen molar-refractivity contribution < 1.29 is 14.6 Å². The average Bonchev–Trinajstić information content (AvgIpc) is 2.96.